The molecule has 0 N–H and O–H groups in total. The van der Waals surface area contributed by atoms with Gasteiger partial charge in [-0.2, -0.15) is 0 Å². The summed E-state index contributed by atoms with van der Waals surface area (Å²) in [6.45, 7) is 3.94. The van der Waals surface area contributed by atoms with Crippen LogP contribution < -0.4 is 19.6 Å². The Kier molecular flexibility index (Phi) is 18.6. The third-order valence-corrected chi connectivity index (χ3v) is 22.1. The largest absolute Gasteiger partial charge is 0.461 e. The molecule has 121 heavy (non-hydrogen) atoms. The smallest absolute Gasteiger partial charge is 0.358 e. The Morgan fingerprint density at radius 1 is 0.231 bits per heavy atom. The molecule has 0 atom stereocenters. The Morgan fingerprint density at radius 2 is 0.421 bits per heavy atom. The molecule has 0 radical (unpaired) electrons. The lowest BCUT2D eigenvalue weighted by Gasteiger charge is -2.26. The molecule has 0 amide bonds. The maximum Gasteiger partial charge on any atom is 0.358 e. The Labute approximate surface area is 696 Å². The number of hydrogen-bond acceptors (Lipinski definition) is 16. The second-order valence-electron chi connectivity index (χ2n) is 29.5. The van der Waals surface area contributed by atoms with Crippen molar-refractivity contribution in [2.24, 2.45) is 0 Å². The van der Waals surface area contributed by atoms with Crippen molar-refractivity contribution in [2.45, 2.75) is 20.3 Å². The second-order valence-corrected chi connectivity index (χ2v) is 29.5. The zero-order valence-corrected chi connectivity index (χ0v) is 65.8. The minimum atomic E-state index is -0.529. The van der Waals surface area contributed by atoms with Crippen molar-refractivity contribution in [2.75, 3.05) is 26.2 Å². The number of aromatic nitrogens is 10. The Bertz CT molecular complexity index is 7330. The molecule has 0 bridgehead atoms. The first-order chi connectivity index (χ1) is 59.8. The number of aryl methyl sites for hydroxylation is 1. The molecule has 16 aromatic carbocycles. The van der Waals surface area contributed by atoms with Crippen molar-refractivity contribution in [1.82, 2.24) is 49.8 Å². The van der Waals surface area contributed by atoms with Gasteiger partial charge in [-0.25, -0.2) is 54.6 Å². The van der Waals surface area contributed by atoms with Gasteiger partial charge in [-0.15, -0.1) is 0 Å². The molecule has 16 nitrogen and oxygen atoms in total. The fourth-order valence-corrected chi connectivity index (χ4v) is 16.5. The minimum absolute atomic E-state index is 0.179. The zero-order chi connectivity index (χ0) is 80.9. The monoisotopic (exact) mass is 1560 g/mol. The van der Waals surface area contributed by atoms with Gasteiger partial charge in [-0.3, -0.25) is 0 Å². The van der Waals surface area contributed by atoms with E-state index >= 15 is 0 Å². The third kappa shape index (κ3) is 13.6. The van der Waals surface area contributed by atoms with Crippen LogP contribution in [0.1, 0.15) is 30.0 Å². The van der Waals surface area contributed by atoms with Crippen LogP contribution in [0, 0.1) is 0 Å². The standard InChI is InChI=1S/C105H72N14O2/c1-3-89-100(105(120)121-4-2)107-91-62-84-83(61-90(91)106-89)85-63-92-94(110-103-101(108-92)112-96(67-45-53-79(54-46-67)116(71-29-13-5-14-30-71)72-31-15-6-16-32-72)98(114-103)69-49-57-81(58-50-69)118(75-37-21-9-22-38-75)76-39-23-10-24-40-76)65-87(85)88-66-95-93(64-86(84)88)109-102-104(111-95)115-99(70-51-59-82(60-52-70)119(77-41-25-11-26-42-77)78-43-27-12-28-44-78)97(113-102)68-47-55-80(56-48-68)117(73-33-17-7-18-34-73)74-35-19-8-20-36-74/h5-66H,3-4H2,1-2H3. The number of benzene rings is 16. The first-order valence-corrected chi connectivity index (χ1v) is 40.4. The van der Waals surface area contributed by atoms with Crippen LogP contribution in [0.5, 0.6) is 0 Å². The molecule has 0 spiro atoms. The van der Waals surface area contributed by atoms with E-state index in [1.807, 2.05) is 61.5 Å². The van der Waals surface area contributed by atoms with Gasteiger partial charge in [0.05, 0.1) is 68.2 Å². The van der Waals surface area contributed by atoms with Crippen LogP contribution in [0.15, 0.2) is 376 Å². The van der Waals surface area contributed by atoms with Gasteiger partial charge in [0.15, 0.2) is 28.3 Å². The Hall–Kier alpha value is -16.3. The number of ether oxygens (including phenoxy) is 1. The summed E-state index contributed by atoms with van der Waals surface area (Å²) in [7, 11) is 0. The van der Waals surface area contributed by atoms with Gasteiger partial charge < -0.3 is 24.3 Å². The van der Waals surface area contributed by atoms with E-state index in [-0.39, 0.29) is 12.3 Å². The Morgan fingerprint density at radius 3 is 0.620 bits per heavy atom. The minimum Gasteiger partial charge on any atom is -0.461 e. The molecule has 0 unspecified atom stereocenters. The molecule has 5 heterocycles. The molecule has 16 heteroatoms. The number of fused-ring (bicyclic) bond motifs is 11. The highest BCUT2D eigenvalue weighted by Gasteiger charge is 2.26. The van der Waals surface area contributed by atoms with Crippen molar-refractivity contribution in [3.05, 3.63) is 388 Å². The molecular formula is C105H72N14O2. The van der Waals surface area contributed by atoms with Crippen LogP contribution in [0.2, 0.25) is 0 Å². The molecule has 0 aliphatic carbocycles. The van der Waals surface area contributed by atoms with Gasteiger partial charge in [-0.05, 0) is 228 Å². The highest BCUT2D eigenvalue weighted by Crippen LogP contribution is 2.46. The number of rotatable bonds is 19. The lowest BCUT2D eigenvalue weighted by Crippen LogP contribution is -2.12. The summed E-state index contributed by atoms with van der Waals surface area (Å²) in [4.78, 5) is 76.9. The summed E-state index contributed by atoms with van der Waals surface area (Å²) >= 11 is 0. The molecule has 0 aliphatic heterocycles. The van der Waals surface area contributed by atoms with Crippen LogP contribution in [-0.4, -0.2) is 62.4 Å². The molecule has 5 aromatic heterocycles. The summed E-state index contributed by atoms with van der Waals surface area (Å²) in [5.41, 5.74) is 23.6. The third-order valence-electron chi connectivity index (χ3n) is 22.1. The molecule has 21 rings (SSSR count). The highest BCUT2D eigenvalue weighted by atomic mass is 16.5. The van der Waals surface area contributed by atoms with Crippen molar-refractivity contribution >= 4 is 162 Å². The van der Waals surface area contributed by atoms with Crippen molar-refractivity contribution in [3.63, 3.8) is 0 Å². The van der Waals surface area contributed by atoms with E-state index in [2.05, 4.69) is 341 Å². The molecule has 0 fully saturated rings. The van der Waals surface area contributed by atoms with Crippen molar-refractivity contribution < 1.29 is 9.53 Å². The topological polar surface area (TPSA) is 168 Å². The highest BCUT2D eigenvalue weighted by molar-refractivity contribution is 6.30. The molecule has 0 saturated carbocycles. The average molecular weight is 1560 g/mol. The summed E-state index contributed by atoms with van der Waals surface area (Å²) in [6.07, 6.45) is 0.452. The quantitative estimate of drug-likeness (QED) is 0.0425. The normalized spacial score (nSPS) is 11.5. The van der Waals surface area contributed by atoms with Gasteiger partial charge in [0.25, 0.3) is 0 Å². The number of esters is 1. The van der Waals surface area contributed by atoms with Crippen molar-refractivity contribution in [3.8, 4) is 45.0 Å². The molecule has 0 saturated heterocycles. The molecule has 21 aromatic rings. The number of hydrogen-bond donors (Lipinski definition) is 0. The maximum absolute atomic E-state index is 13.8. The summed E-state index contributed by atoms with van der Waals surface area (Å²) < 4.78 is 5.60. The summed E-state index contributed by atoms with van der Waals surface area (Å²) in [6, 6.07) is 129. The van der Waals surface area contributed by atoms with Gasteiger partial charge in [0.1, 0.15) is 0 Å². The van der Waals surface area contributed by atoms with E-state index in [9.17, 15) is 4.79 Å². The van der Waals surface area contributed by atoms with Crippen LogP contribution in [-0.2, 0) is 11.2 Å². The van der Waals surface area contributed by atoms with Gasteiger partial charge in [-0.1, -0.05) is 201 Å². The van der Waals surface area contributed by atoms with E-state index in [1.165, 1.54) is 0 Å². The first-order valence-electron chi connectivity index (χ1n) is 40.4. The fourth-order valence-electron chi connectivity index (χ4n) is 16.5. The number of para-hydroxylation sites is 8. The lowest BCUT2D eigenvalue weighted by molar-refractivity contribution is 0.0518. The lowest BCUT2D eigenvalue weighted by atomic mass is 9.92. The Balaban J connectivity index is 0.757. The number of anilines is 12. The zero-order valence-electron chi connectivity index (χ0n) is 65.8. The average Bonchev–Trinajstić information content (AvgIpc) is 0.711. The van der Waals surface area contributed by atoms with E-state index < -0.39 is 5.97 Å². The number of carbonyl (C=O) groups excluding carboxylic acids is 1. The predicted molar refractivity (Wildman–Crippen MR) is 490 cm³/mol. The maximum atomic E-state index is 13.8. The van der Waals surface area contributed by atoms with E-state index in [0.29, 0.717) is 90.6 Å². The van der Waals surface area contributed by atoms with Crippen LogP contribution >= 0.6 is 0 Å². The number of nitrogens with zero attached hydrogens (tertiary/aromatic N) is 14. The second kappa shape index (κ2) is 31.0. The first kappa shape index (κ1) is 72.4. The van der Waals surface area contributed by atoms with E-state index in [0.717, 1.165) is 123 Å². The summed E-state index contributed by atoms with van der Waals surface area (Å²) in [5.74, 6) is -0.529. The van der Waals surface area contributed by atoms with Crippen LogP contribution in [0.3, 0.4) is 0 Å². The summed E-state index contributed by atoms with van der Waals surface area (Å²) in [5, 5.41) is 5.12. The molecule has 0 aliphatic rings. The van der Waals surface area contributed by atoms with Gasteiger partial charge >= 0.3 is 5.97 Å². The van der Waals surface area contributed by atoms with Gasteiger partial charge in [0.2, 0.25) is 0 Å². The van der Waals surface area contributed by atoms with Crippen LogP contribution in [0.25, 0.3) is 133 Å². The number of carbonyl (C=O) groups is 1. The van der Waals surface area contributed by atoms with Crippen molar-refractivity contribution in [1.29, 1.82) is 0 Å². The fraction of sp³-hybridized carbons (Fsp3) is 0.0381. The van der Waals surface area contributed by atoms with E-state index in [1.54, 1.807) is 6.92 Å². The SMILES string of the molecule is CCOC(=O)c1nc2cc3c(cc2nc1CC)c1cc2nc4nc(-c5ccc(N(c6ccccc6)c6ccccc6)cc5)c(-c5ccc(N(c6ccccc6)c6ccccc6)cc5)nc4nc2cc1c1cc2nc4nc(-c5ccc(N(c6ccccc6)c6ccccc6)cc5)c(-c5ccc(N(c6ccccc6)c6ccccc6)cc5)nc4nc2cc31. The van der Waals surface area contributed by atoms with Gasteiger partial charge in [0, 0.05) is 90.5 Å². The van der Waals surface area contributed by atoms with Crippen LogP contribution in [0.4, 0.5) is 68.2 Å². The molecule has 574 valence electrons. The predicted octanol–water partition coefficient (Wildman–Crippen LogP) is 26.1. The molecular weight excluding hydrogens is 1490 g/mol. The van der Waals surface area contributed by atoms with E-state index in [4.69, 9.17) is 54.6 Å².